The maximum atomic E-state index is 13.2. The first kappa shape index (κ1) is 11.7. The fraction of sp³-hybridized carbons (Fsp3) is 0.333. The lowest BCUT2D eigenvalue weighted by Gasteiger charge is -2.11. The van der Waals surface area contributed by atoms with Crippen molar-refractivity contribution in [2.75, 3.05) is 6.54 Å². The summed E-state index contributed by atoms with van der Waals surface area (Å²) in [6.07, 6.45) is 4.76. The summed E-state index contributed by atoms with van der Waals surface area (Å²) in [5.41, 5.74) is 0.827. The van der Waals surface area contributed by atoms with E-state index in [9.17, 15) is 4.39 Å². The summed E-state index contributed by atoms with van der Waals surface area (Å²) in [5.74, 6) is 1.24. The molecule has 5 heteroatoms. The molecule has 0 aliphatic carbocycles. The number of pyridine rings is 1. The van der Waals surface area contributed by atoms with Gasteiger partial charge in [-0.2, -0.15) is 0 Å². The number of nitrogens with zero attached hydrogens (tertiary/aromatic N) is 3. The minimum Gasteiger partial charge on any atom is -0.313 e. The molecule has 0 atom stereocenters. The molecule has 0 radical (unpaired) electrons. The largest absolute Gasteiger partial charge is 0.313 e. The lowest BCUT2D eigenvalue weighted by atomic mass is 10.2. The van der Waals surface area contributed by atoms with Crippen molar-refractivity contribution in [3.05, 3.63) is 41.9 Å². The first-order chi connectivity index (χ1) is 8.22. The van der Waals surface area contributed by atoms with Crippen molar-refractivity contribution < 1.29 is 4.39 Å². The predicted molar refractivity (Wildman–Crippen MR) is 63.4 cm³/mol. The third kappa shape index (κ3) is 2.50. The van der Waals surface area contributed by atoms with Crippen molar-refractivity contribution in [2.45, 2.75) is 20.4 Å². The fourth-order valence-electron chi connectivity index (χ4n) is 1.68. The number of nitrogens with one attached hydrogen (secondary N) is 1. The van der Waals surface area contributed by atoms with Crippen molar-refractivity contribution in [2.24, 2.45) is 0 Å². The van der Waals surface area contributed by atoms with Gasteiger partial charge in [0.2, 0.25) is 0 Å². The number of halogens is 1. The van der Waals surface area contributed by atoms with E-state index in [2.05, 4.69) is 15.3 Å². The zero-order valence-electron chi connectivity index (χ0n) is 9.94. The molecule has 0 amide bonds. The first-order valence-electron chi connectivity index (χ1n) is 5.58. The van der Waals surface area contributed by atoms with Crippen molar-refractivity contribution in [3.8, 4) is 5.82 Å². The van der Waals surface area contributed by atoms with Crippen LogP contribution >= 0.6 is 0 Å². The van der Waals surface area contributed by atoms with Gasteiger partial charge in [0, 0.05) is 24.5 Å². The third-order valence-electron chi connectivity index (χ3n) is 2.53. The SMILES string of the molecule is CCNCc1cc(F)cnc1-n1ccnc1C. The lowest BCUT2D eigenvalue weighted by molar-refractivity contribution is 0.612. The minimum atomic E-state index is -0.320. The molecule has 2 aromatic rings. The molecule has 1 N–H and O–H groups in total. The predicted octanol–water partition coefficient (Wildman–Crippen LogP) is 1.82. The van der Waals surface area contributed by atoms with Crippen LogP contribution < -0.4 is 5.32 Å². The highest BCUT2D eigenvalue weighted by Gasteiger charge is 2.09. The van der Waals surface area contributed by atoms with Crippen LogP contribution in [0.3, 0.4) is 0 Å². The Hall–Kier alpha value is -1.75. The van der Waals surface area contributed by atoms with E-state index in [1.807, 2.05) is 24.6 Å². The highest BCUT2D eigenvalue weighted by atomic mass is 19.1. The summed E-state index contributed by atoms with van der Waals surface area (Å²) in [7, 11) is 0. The molecule has 0 fully saturated rings. The smallest absolute Gasteiger partial charge is 0.142 e. The van der Waals surface area contributed by atoms with Crippen molar-refractivity contribution >= 4 is 0 Å². The van der Waals surface area contributed by atoms with Crippen LogP contribution in [-0.2, 0) is 6.54 Å². The first-order valence-corrected chi connectivity index (χ1v) is 5.58. The van der Waals surface area contributed by atoms with Gasteiger partial charge in [-0.3, -0.25) is 4.57 Å². The molecule has 2 rings (SSSR count). The van der Waals surface area contributed by atoms with Crippen LogP contribution in [0.15, 0.2) is 24.7 Å². The average Bonchev–Trinajstić information content (AvgIpc) is 2.73. The van der Waals surface area contributed by atoms with Crippen molar-refractivity contribution in [1.82, 2.24) is 19.9 Å². The molecule has 0 aliphatic rings. The molecule has 0 aliphatic heterocycles. The van der Waals surface area contributed by atoms with Gasteiger partial charge < -0.3 is 5.32 Å². The van der Waals surface area contributed by atoms with E-state index in [0.717, 1.165) is 23.8 Å². The molecule has 0 aromatic carbocycles. The van der Waals surface area contributed by atoms with Crippen LogP contribution in [0.5, 0.6) is 0 Å². The average molecular weight is 234 g/mol. The van der Waals surface area contributed by atoms with Gasteiger partial charge in [-0.05, 0) is 19.5 Å². The maximum absolute atomic E-state index is 13.2. The van der Waals surface area contributed by atoms with Gasteiger partial charge >= 0.3 is 0 Å². The van der Waals surface area contributed by atoms with E-state index >= 15 is 0 Å². The highest BCUT2D eigenvalue weighted by Crippen LogP contribution is 2.14. The Bertz CT molecular complexity index is 507. The molecule has 17 heavy (non-hydrogen) atoms. The van der Waals surface area contributed by atoms with E-state index in [1.165, 1.54) is 12.3 Å². The summed E-state index contributed by atoms with van der Waals surface area (Å²) in [5, 5.41) is 3.17. The van der Waals surface area contributed by atoms with Crippen molar-refractivity contribution in [1.29, 1.82) is 0 Å². The molecule has 2 aromatic heterocycles. The summed E-state index contributed by atoms with van der Waals surface area (Å²) in [6.45, 7) is 5.32. The zero-order valence-corrected chi connectivity index (χ0v) is 9.94. The Kier molecular flexibility index (Phi) is 3.49. The normalized spacial score (nSPS) is 10.8. The number of hydrogen-bond donors (Lipinski definition) is 1. The molecule has 4 nitrogen and oxygen atoms in total. The Morgan fingerprint density at radius 2 is 2.24 bits per heavy atom. The lowest BCUT2D eigenvalue weighted by Crippen LogP contribution is -2.15. The van der Waals surface area contributed by atoms with E-state index < -0.39 is 0 Å². The summed E-state index contributed by atoms with van der Waals surface area (Å²) in [4.78, 5) is 8.29. The number of imidazole rings is 1. The maximum Gasteiger partial charge on any atom is 0.142 e. The Morgan fingerprint density at radius 1 is 1.41 bits per heavy atom. The van der Waals surface area contributed by atoms with Gasteiger partial charge in [0.05, 0.1) is 6.20 Å². The zero-order chi connectivity index (χ0) is 12.3. The third-order valence-corrected chi connectivity index (χ3v) is 2.53. The number of aryl methyl sites for hydroxylation is 1. The van der Waals surface area contributed by atoms with Crippen LogP contribution in [0.25, 0.3) is 5.82 Å². The molecule has 0 bridgehead atoms. The van der Waals surface area contributed by atoms with Crippen LogP contribution in [-0.4, -0.2) is 21.1 Å². The second-order valence-electron chi connectivity index (χ2n) is 3.76. The number of rotatable bonds is 4. The Balaban J connectivity index is 2.42. The molecular formula is C12H15FN4. The highest BCUT2D eigenvalue weighted by molar-refractivity contribution is 5.35. The van der Waals surface area contributed by atoms with Crippen LogP contribution in [0.1, 0.15) is 18.3 Å². The van der Waals surface area contributed by atoms with Crippen LogP contribution in [0, 0.1) is 12.7 Å². The molecule has 90 valence electrons. The standard InChI is InChI=1S/C12H15FN4/c1-3-14-7-10-6-11(13)8-16-12(10)17-5-4-15-9(17)2/h4-6,8,14H,3,7H2,1-2H3. The fourth-order valence-corrected chi connectivity index (χ4v) is 1.68. The molecule has 0 saturated heterocycles. The Morgan fingerprint density at radius 3 is 2.88 bits per heavy atom. The second kappa shape index (κ2) is 5.05. The van der Waals surface area contributed by atoms with Gasteiger partial charge in [-0.25, -0.2) is 14.4 Å². The molecule has 0 unspecified atom stereocenters. The van der Waals surface area contributed by atoms with Gasteiger partial charge in [-0.15, -0.1) is 0 Å². The monoisotopic (exact) mass is 234 g/mol. The van der Waals surface area contributed by atoms with E-state index in [4.69, 9.17) is 0 Å². The quantitative estimate of drug-likeness (QED) is 0.877. The summed E-state index contributed by atoms with van der Waals surface area (Å²) < 4.78 is 15.1. The Labute approximate surface area is 99.5 Å². The molecule has 0 spiro atoms. The summed E-state index contributed by atoms with van der Waals surface area (Å²) in [6, 6.07) is 1.50. The molecule has 0 saturated carbocycles. The second-order valence-corrected chi connectivity index (χ2v) is 3.76. The van der Waals surface area contributed by atoms with Crippen LogP contribution in [0.2, 0.25) is 0 Å². The van der Waals surface area contributed by atoms with Gasteiger partial charge in [0.25, 0.3) is 0 Å². The van der Waals surface area contributed by atoms with E-state index in [0.29, 0.717) is 6.54 Å². The van der Waals surface area contributed by atoms with E-state index in [-0.39, 0.29) is 5.82 Å². The van der Waals surface area contributed by atoms with Gasteiger partial charge in [0.1, 0.15) is 17.5 Å². The van der Waals surface area contributed by atoms with Gasteiger partial charge in [-0.1, -0.05) is 6.92 Å². The number of hydrogen-bond acceptors (Lipinski definition) is 3. The minimum absolute atomic E-state index is 0.320. The molecular weight excluding hydrogens is 219 g/mol. The van der Waals surface area contributed by atoms with Crippen LogP contribution in [0.4, 0.5) is 4.39 Å². The number of aromatic nitrogens is 3. The van der Waals surface area contributed by atoms with E-state index in [1.54, 1.807) is 6.20 Å². The summed E-state index contributed by atoms with van der Waals surface area (Å²) >= 11 is 0. The molecule has 2 heterocycles. The topological polar surface area (TPSA) is 42.7 Å². The van der Waals surface area contributed by atoms with Crippen molar-refractivity contribution in [3.63, 3.8) is 0 Å². The van der Waals surface area contributed by atoms with Gasteiger partial charge in [0.15, 0.2) is 0 Å².